The molecule has 4 unspecified atom stereocenters. The number of pyridine rings is 2. The number of hydrogen-bond donors (Lipinski definition) is 1. The summed E-state index contributed by atoms with van der Waals surface area (Å²) in [6.07, 6.45) is 6.67. The van der Waals surface area contributed by atoms with E-state index in [0.717, 1.165) is 61.0 Å². The Bertz CT molecular complexity index is 1870. The second-order valence-corrected chi connectivity index (χ2v) is 14.1. The van der Waals surface area contributed by atoms with Gasteiger partial charge in [0, 0.05) is 54.7 Å². The van der Waals surface area contributed by atoms with E-state index in [1.165, 1.54) is 31.8 Å². The number of likely N-dealkylation sites (tertiary alicyclic amines) is 1. The van der Waals surface area contributed by atoms with Crippen LogP contribution >= 0.6 is 15.9 Å². The molecule has 11 heteroatoms. The zero-order valence-corrected chi connectivity index (χ0v) is 31.5. The molecule has 2 aliphatic heterocycles. The van der Waals surface area contributed by atoms with Gasteiger partial charge in [0.1, 0.15) is 12.1 Å². The molecule has 4 aromatic rings. The standard InChI is InChI=1S/C20H23N3O2.C16H17N3.C4H7BrO2/c1-14-10-16(13-23(12-14)9-7-19(24)25-2)17-6-5-15(11-21)20-18(17)4-3-8-22-20;1-11-7-13(10-18-9-11)14-5-4-12(8-17)16-15(14)3-2-6-19-16;1-7-4(6)2-3-5/h3-6,8,14,16H,7,9-10,12-13H2,1-2H3;2-6,11,13,18H,7,9-10H2,1H3;2-3H2,1H3. The average Bonchev–Trinajstić information content (AvgIpc) is 3.16. The molecule has 4 atom stereocenters. The van der Waals surface area contributed by atoms with Gasteiger partial charge in [0.05, 0.1) is 49.2 Å². The van der Waals surface area contributed by atoms with Crippen molar-refractivity contribution in [1.29, 1.82) is 10.5 Å². The predicted molar refractivity (Wildman–Crippen MR) is 202 cm³/mol. The van der Waals surface area contributed by atoms with Gasteiger partial charge >= 0.3 is 11.9 Å². The zero-order valence-electron chi connectivity index (χ0n) is 29.9. The van der Waals surface area contributed by atoms with Crippen molar-refractivity contribution in [2.75, 3.05) is 52.3 Å². The maximum Gasteiger partial charge on any atom is 0.306 e. The van der Waals surface area contributed by atoms with Crippen molar-refractivity contribution in [1.82, 2.24) is 20.2 Å². The number of ether oxygens (including phenoxy) is 2. The number of halogens is 1. The number of rotatable bonds is 7. The van der Waals surface area contributed by atoms with Crippen LogP contribution in [0, 0.1) is 34.5 Å². The highest BCUT2D eigenvalue weighted by Crippen LogP contribution is 2.35. The fourth-order valence-corrected chi connectivity index (χ4v) is 7.40. The molecule has 268 valence electrons. The number of carbonyl (C=O) groups excluding carboxylic acids is 2. The molecule has 51 heavy (non-hydrogen) atoms. The minimum absolute atomic E-state index is 0.164. The Kier molecular flexibility index (Phi) is 15.3. The van der Waals surface area contributed by atoms with Crippen molar-refractivity contribution in [2.45, 2.75) is 51.4 Å². The third kappa shape index (κ3) is 10.8. The smallest absolute Gasteiger partial charge is 0.306 e. The van der Waals surface area contributed by atoms with Gasteiger partial charge in [-0.1, -0.05) is 54.0 Å². The van der Waals surface area contributed by atoms with Crippen LogP contribution < -0.4 is 5.32 Å². The molecule has 0 saturated carbocycles. The number of hydrogen-bond acceptors (Lipinski definition) is 10. The van der Waals surface area contributed by atoms with Crippen molar-refractivity contribution in [3.05, 3.63) is 83.2 Å². The molecule has 2 aromatic heterocycles. The largest absolute Gasteiger partial charge is 0.469 e. The summed E-state index contributed by atoms with van der Waals surface area (Å²) in [5.41, 5.74) is 5.46. The van der Waals surface area contributed by atoms with Crippen LogP contribution in [0.15, 0.2) is 60.9 Å². The van der Waals surface area contributed by atoms with Gasteiger partial charge < -0.3 is 19.7 Å². The summed E-state index contributed by atoms with van der Waals surface area (Å²) >= 11 is 3.09. The fourth-order valence-electron chi connectivity index (χ4n) is 7.08. The molecule has 1 N–H and O–H groups in total. The minimum atomic E-state index is -0.170. The van der Waals surface area contributed by atoms with E-state index in [9.17, 15) is 20.1 Å². The van der Waals surface area contributed by atoms with E-state index in [2.05, 4.69) is 91.1 Å². The quantitative estimate of drug-likeness (QED) is 0.157. The highest BCUT2D eigenvalue weighted by atomic mass is 79.9. The van der Waals surface area contributed by atoms with E-state index < -0.39 is 0 Å². The molecule has 2 fully saturated rings. The fraction of sp³-hybridized carbons (Fsp3) is 0.450. The van der Waals surface area contributed by atoms with Crippen LogP contribution in [0.25, 0.3) is 21.8 Å². The highest BCUT2D eigenvalue weighted by Gasteiger charge is 2.28. The van der Waals surface area contributed by atoms with Gasteiger partial charge in [-0.15, -0.1) is 0 Å². The lowest BCUT2D eigenvalue weighted by Crippen LogP contribution is -2.39. The summed E-state index contributed by atoms with van der Waals surface area (Å²) in [4.78, 5) is 32.8. The monoisotopic (exact) mass is 754 g/mol. The minimum Gasteiger partial charge on any atom is -0.469 e. The van der Waals surface area contributed by atoms with E-state index in [-0.39, 0.29) is 11.9 Å². The van der Waals surface area contributed by atoms with Gasteiger partial charge in [0.2, 0.25) is 0 Å². The molecule has 10 nitrogen and oxygen atoms in total. The summed E-state index contributed by atoms with van der Waals surface area (Å²) in [5.74, 6) is 1.81. The molecule has 2 aromatic carbocycles. The van der Waals surface area contributed by atoms with Crippen LogP contribution in [0.3, 0.4) is 0 Å². The van der Waals surface area contributed by atoms with Gasteiger partial charge in [-0.25, -0.2) is 0 Å². The van der Waals surface area contributed by atoms with E-state index in [0.29, 0.717) is 53.0 Å². The summed E-state index contributed by atoms with van der Waals surface area (Å²) < 4.78 is 9.08. The van der Waals surface area contributed by atoms with Crippen molar-refractivity contribution in [3.63, 3.8) is 0 Å². The number of nitriles is 2. The maximum absolute atomic E-state index is 11.4. The van der Waals surface area contributed by atoms with Crippen LogP contribution in [0.1, 0.15) is 73.6 Å². The van der Waals surface area contributed by atoms with Crippen LogP contribution in [0.2, 0.25) is 0 Å². The zero-order chi connectivity index (χ0) is 36.8. The molecule has 4 heterocycles. The predicted octanol–water partition coefficient (Wildman–Crippen LogP) is 6.86. The van der Waals surface area contributed by atoms with Gasteiger partial charge in [0.15, 0.2) is 0 Å². The highest BCUT2D eigenvalue weighted by molar-refractivity contribution is 9.09. The molecule has 2 aliphatic rings. The molecule has 6 rings (SSSR count). The number of aromatic nitrogens is 2. The van der Waals surface area contributed by atoms with Crippen molar-refractivity contribution in [3.8, 4) is 12.1 Å². The molecule has 0 aliphatic carbocycles. The Morgan fingerprint density at radius 3 is 1.86 bits per heavy atom. The van der Waals surface area contributed by atoms with Gasteiger partial charge in [-0.05, 0) is 78.5 Å². The summed E-state index contributed by atoms with van der Waals surface area (Å²) in [7, 11) is 2.81. The molecule has 2 saturated heterocycles. The Hall–Kier alpha value is -4.42. The Morgan fingerprint density at radius 1 is 0.804 bits per heavy atom. The first kappa shape index (κ1) is 39.4. The Balaban J connectivity index is 0.000000198. The normalized spacial score (nSPS) is 20.1. The maximum atomic E-state index is 11.4. The Labute approximate surface area is 309 Å². The van der Waals surface area contributed by atoms with Gasteiger partial charge in [-0.3, -0.25) is 19.6 Å². The first-order valence-electron chi connectivity index (χ1n) is 17.4. The molecule has 0 amide bonds. The van der Waals surface area contributed by atoms with Crippen LogP contribution in [0.5, 0.6) is 0 Å². The Morgan fingerprint density at radius 2 is 1.35 bits per heavy atom. The number of piperidine rings is 2. The van der Waals surface area contributed by atoms with Crippen LogP contribution in [-0.2, 0) is 19.1 Å². The third-order valence-electron chi connectivity index (χ3n) is 9.42. The van der Waals surface area contributed by atoms with E-state index >= 15 is 0 Å². The van der Waals surface area contributed by atoms with Crippen molar-refractivity contribution >= 4 is 49.7 Å². The lowest BCUT2D eigenvalue weighted by atomic mass is 9.83. The first-order valence-corrected chi connectivity index (χ1v) is 18.5. The number of methoxy groups -OCH3 is 2. The summed E-state index contributed by atoms with van der Waals surface area (Å²) in [5, 5.41) is 24.9. The lowest BCUT2D eigenvalue weighted by molar-refractivity contribution is -0.141. The summed E-state index contributed by atoms with van der Waals surface area (Å²) in [6, 6.07) is 20.4. The van der Waals surface area contributed by atoms with E-state index in [1.807, 2.05) is 24.3 Å². The van der Waals surface area contributed by atoms with Gasteiger partial charge in [0.25, 0.3) is 0 Å². The number of nitrogens with one attached hydrogen (secondary N) is 1. The van der Waals surface area contributed by atoms with Gasteiger partial charge in [-0.2, -0.15) is 10.5 Å². The second kappa shape index (κ2) is 19.8. The number of alkyl halides is 1. The van der Waals surface area contributed by atoms with E-state index in [4.69, 9.17) is 4.74 Å². The number of esters is 2. The van der Waals surface area contributed by atoms with Crippen LogP contribution in [0.4, 0.5) is 0 Å². The number of nitrogens with zero attached hydrogens (tertiary/aromatic N) is 5. The lowest BCUT2D eigenvalue weighted by Gasteiger charge is -2.37. The van der Waals surface area contributed by atoms with E-state index in [1.54, 1.807) is 12.4 Å². The molecular weight excluding hydrogens is 708 g/mol. The molecule has 0 bridgehead atoms. The third-order valence-corrected chi connectivity index (χ3v) is 9.82. The molecule has 0 radical (unpaired) electrons. The molecule has 0 spiro atoms. The topological polar surface area (TPSA) is 141 Å². The van der Waals surface area contributed by atoms with Crippen molar-refractivity contribution < 1.29 is 19.1 Å². The number of carbonyl (C=O) groups is 2. The number of benzene rings is 2. The van der Waals surface area contributed by atoms with Crippen molar-refractivity contribution in [2.24, 2.45) is 11.8 Å². The SMILES string of the molecule is CC1CNCC(c2ccc(C#N)c3ncccc23)C1.COC(=O)CCBr.COC(=O)CCN1CC(C)CC(c2ccc(C#N)c3ncccc23)C1. The first-order chi connectivity index (χ1) is 24.7. The average molecular weight is 756 g/mol. The number of fused-ring (bicyclic) bond motifs is 2. The van der Waals surface area contributed by atoms with Crippen LogP contribution in [-0.4, -0.2) is 79.1 Å². The second-order valence-electron chi connectivity index (χ2n) is 13.3. The summed E-state index contributed by atoms with van der Waals surface area (Å²) in [6.45, 7) is 9.28. The molecular formula is C40H47BrN6O4.